The quantitative estimate of drug-likeness (QED) is 0.361. The molecule has 0 saturated heterocycles. The van der Waals surface area contributed by atoms with Crippen molar-refractivity contribution in [1.82, 2.24) is 0 Å². The van der Waals surface area contributed by atoms with Crippen LogP contribution in [-0.2, 0) is 11.3 Å². The molecular formula is C25H27N2O3SSe+. The summed E-state index contributed by atoms with van der Waals surface area (Å²) in [6.45, 7) is 7.18. The molecule has 2 aromatic carbocycles. The molecule has 1 aliphatic rings. The first kappa shape index (κ1) is 22.7. The minimum atomic E-state index is -0.846. The number of para-hydroxylation sites is 1. The van der Waals surface area contributed by atoms with Crippen LogP contribution in [0.4, 0.5) is 5.69 Å². The zero-order valence-corrected chi connectivity index (χ0v) is 21.2. The Labute approximate surface area is 198 Å². The SMILES string of the molecule is CCC(/C=C1\Sc2cc(OC)c(C)cc2N1CC(=O)O)=C\c1[se]c2ccccc2[n+]1CC. The van der Waals surface area contributed by atoms with Gasteiger partial charge in [0.25, 0.3) is 0 Å². The van der Waals surface area contributed by atoms with E-state index in [1.54, 1.807) is 18.9 Å². The van der Waals surface area contributed by atoms with E-state index < -0.39 is 5.97 Å². The number of allylic oxidation sites excluding steroid dienone is 2. The number of rotatable bonds is 7. The molecule has 0 aliphatic carbocycles. The zero-order valence-electron chi connectivity index (χ0n) is 18.7. The first-order valence-electron chi connectivity index (χ1n) is 10.6. The van der Waals surface area contributed by atoms with Gasteiger partial charge in [0.2, 0.25) is 0 Å². The maximum absolute atomic E-state index is 11.6. The van der Waals surface area contributed by atoms with E-state index in [0.717, 1.165) is 39.9 Å². The molecule has 0 spiro atoms. The van der Waals surface area contributed by atoms with Crippen LogP contribution in [-0.4, -0.2) is 39.2 Å². The van der Waals surface area contributed by atoms with Crippen molar-refractivity contribution in [2.75, 3.05) is 18.6 Å². The Kier molecular flexibility index (Phi) is 6.79. The van der Waals surface area contributed by atoms with Gasteiger partial charge in [-0.25, -0.2) is 0 Å². The number of anilines is 1. The number of thioether (sulfide) groups is 1. The summed E-state index contributed by atoms with van der Waals surface area (Å²) >= 11 is 1.87. The Bertz CT molecular complexity index is 1250. The molecule has 32 heavy (non-hydrogen) atoms. The molecule has 1 N–H and O–H groups in total. The average Bonchev–Trinajstić information content (AvgIpc) is 3.29. The Morgan fingerprint density at radius 3 is 2.75 bits per heavy atom. The van der Waals surface area contributed by atoms with Crippen LogP contribution in [0.5, 0.6) is 5.75 Å². The van der Waals surface area contributed by atoms with Crippen LogP contribution in [0.15, 0.2) is 58.0 Å². The zero-order chi connectivity index (χ0) is 22.8. The molecule has 0 bridgehead atoms. The molecule has 5 nitrogen and oxygen atoms in total. The summed E-state index contributed by atoms with van der Waals surface area (Å²) < 4.78 is 10.6. The van der Waals surface area contributed by atoms with E-state index in [-0.39, 0.29) is 21.0 Å². The Morgan fingerprint density at radius 2 is 2.06 bits per heavy atom. The minimum absolute atomic E-state index is 0.0678. The van der Waals surface area contributed by atoms with Gasteiger partial charge in [0, 0.05) is 0 Å². The van der Waals surface area contributed by atoms with E-state index in [9.17, 15) is 9.90 Å². The van der Waals surface area contributed by atoms with Crippen molar-refractivity contribution in [1.29, 1.82) is 0 Å². The molecule has 0 fully saturated rings. The number of aromatic nitrogens is 1. The van der Waals surface area contributed by atoms with Crippen molar-refractivity contribution in [2.24, 2.45) is 0 Å². The topological polar surface area (TPSA) is 53.6 Å². The molecule has 7 heteroatoms. The number of methoxy groups -OCH3 is 1. The summed E-state index contributed by atoms with van der Waals surface area (Å²) in [7, 11) is 1.66. The second-order valence-corrected chi connectivity index (χ2v) is 10.9. The summed E-state index contributed by atoms with van der Waals surface area (Å²) in [5, 5.41) is 10.5. The van der Waals surface area contributed by atoms with E-state index in [1.807, 2.05) is 24.0 Å². The fraction of sp³-hybridized carbons (Fsp3) is 0.280. The van der Waals surface area contributed by atoms with Crippen LogP contribution < -0.4 is 14.2 Å². The van der Waals surface area contributed by atoms with Gasteiger partial charge in [-0.05, 0) is 0 Å². The van der Waals surface area contributed by atoms with Gasteiger partial charge >= 0.3 is 199 Å². The van der Waals surface area contributed by atoms with Crippen molar-refractivity contribution in [3.63, 3.8) is 0 Å². The molecule has 0 unspecified atom stereocenters. The van der Waals surface area contributed by atoms with E-state index >= 15 is 0 Å². The second kappa shape index (κ2) is 9.57. The van der Waals surface area contributed by atoms with Crippen LogP contribution in [0.1, 0.15) is 30.4 Å². The van der Waals surface area contributed by atoms with Crippen molar-refractivity contribution >= 4 is 53.8 Å². The standard InChI is InChI=1S/C25H26N2O3SSe/c1-5-17(13-24-26(6-2)18-9-7-8-10-22(18)32-24)12-23-27(15-25(28)29)19-11-16(3)20(30-4)14-21(19)31-23/h7-14H,5-6,15H2,1-4H3/p+1. The van der Waals surface area contributed by atoms with Crippen LogP contribution in [0.3, 0.4) is 0 Å². The van der Waals surface area contributed by atoms with E-state index in [0.29, 0.717) is 0 Å². The van der Waals surface area contributed by atoms with Crippen molar-refractivity contribution < 1.29 is 19.2 Å². The van der Waals surface area contributed by atoms with Gasteiger partial charge in [-0.2, -0.15) is 0 Å². The number of fused-ring (bicyclic) bond motifs is 2. The summed E-state index contributed by atoms with van der Waals surface area (Å²) in [6.07, 6.45) is 5.32. The van der Waals surface area contributed by atoms with Gasteiger partial charge in [0.1, 0.15) is 0 Å². The number of nitrogens with zero attached hydrogens (tertiary/aromatic N) is 2. The van der Waals surface area contributed by atoms with Crippen LogP contribution >= 0.6 is 11.8 Å². The second-order valence-electron chi connectivity index (χ2n) is 7.58. The monoisotopic (exact) mass is 515 g/mol. The third-order valence-electron chi connectivity index (χ3n) is 5.52. The number of carbonyl (C=O) groups is 1. The summed E-state index contributed by atoms with van der Waals surface area (Å²) in [6, 6.07) is 12.6. The molecule has 2 heterocycles. The van der Waals surface area contributed by atoms with Crippen LogP contribution in [0, 0.1) is 6.92 Å². The molecule has 0 saturated carbocycles. The van der Waals surface area contributed by atoms with Crippen molar-refractivity contribution in [3.05, 3.63) is 63.2 Å². The first-order chi connectivity index (χ1) is 15.4. The predicted molar refractivity (Wildman–Crippen MR) is 132 cm³/mol. The van der Waals surface area contributed by atoms with Crippen LogP contribution in [0.25, 0.3) is 15.9 Å². The maximum atomic E-state index is 11.6. The molecule has 0 atom stereocenters. The molecular weight excluding hydrogens is 487 g/mol. The molecule has 0 amide bonds. The van der Waals surface area contributed by atoms with E-state index in [2.05, 4.69) is 54.8 Å². The average molecular weight is 515 g/mol. The van der Waals surface area contributed by atoms with Gasteiger partial charge in [0.05, 0.1) is 0 Å². The fourth-order valence-corrected chi connectivity index (χ4v) is 7.58. The van der Waals surface area contributed by atoms with Gasteiger partial charge < -0.3 is 0 Å². The Morgan fingerprint density at radius 1 is 1.28 bits per heavy atom. The van der Waals surface area contributed by atoms with Gasteiger partial charge in [-0.3, -0.25) is 0 Å². The molecule has 1 aromatic heterocycles. The molecule has 4 rings (SSSR count). The number of hydrogen-bond acceptors (Lipinski definition) is 4. The Hall–Kier alpha value is -2.47. The number of ether oxygens (including phenoxy) is 1. The summed E-state index contributed by atoms with van der Waals surface area (Å²) in [4.78, 5) is 14.6. The first-order valence-corrected chi connectivity index (χ1v) is 13.2. The molecule has 3 aromatic rings. The van der Waals surface area contributed by atoms with Gasteiger partial charge in [-0.1, -0.05) is 0 Å². The van der Waals surface area contributed by atoms with Crippen molar-refractivity contribution in [2.45, 2.75) is 38.6 Å². The third-order valence-corrected chi connectivity index (χ3v) is 8.95. The summed E-state index contributed by atoms with van der Waals surface area (Å²) in [5.74, 6) is -0.0273. The molecule has 1 aliphatic heterocycles. The number of benzene rings is 2. The number of carboxylic acids is 1. The Balaban J connectivity index is 1.77. The fourth-order valence-electron chi connectivity index (χ4n) is 3.91. The number of aliphatic carboxylic acids is 1. The number of carboxylic acid groups (broad SMARTS) is 1. The third kappa shape index (κ3) is 4.38. The molecule has 166 valence electrons. The van der Waals surface area contributed by atoms with Crippen LogP contribution in [0.2, 0.25) is 0 Å². The van der Waals surface area contributed by atoms with Gasteiger partial charge in [0.15, 0.2) is 0 Å². The normalized spacial score (nSPS) is 14.9. The van der Waals surface area contributed by atoms with E-state index in [1.165, 1.54) is 19.9 Å². The van der Waals surface area contributed by atoms with E-state index in [4.69, 9.17) is 4.74 Å². The molecule has 0 radical (unpaired) electrons. The van der Waals surface area contributed by atoms with Gasteiger partial charge in [-0.15, -0.1) is 0 Å². The number of aryl methyl sites for hydroxylation is 2. The summed E-state index contributed by atoms with van der Waals surface area (Å²) in [5.41, 5.74) is 4.43. The predicted octanol–water partition coefficient (Wildman–Crippen LogP) is 4.85. The van der Waals surface area contributed by atoms with Crippen molar-refractivity contribution in [3.8, 4) is 5.75 Å². The number of hydrogen-bond donors (Lipinski definition) is 1.